The van der Waals surface area contributed by atoms with Crippen molar-refractivity contribution in [3.63, 3.8) is 0 Å². The van der Waals surface area contributed by atoms with Crippen molar-refractivity contribution < 1.29 is 22.7 Å². The molecule has 0 atom stereocenters. The van der Waals surface area contributed by atoms with Gasteiger partial charge in [0.1, 0.15) is 4.75 Å². The van der Waals surface area contributed by atoms with Crippen LogP contribution in [0.3, 0.4) is 0 Å². The van der Waals surface area contributed by atoms with Crippen LogP contribution in [0.1, 0.15) is 24.2 Å². The molecule has 8 heteroatoms. The highest BCUT2D eigenvalue weighted by Crippen LogP contribution is 2.28. The lowest BCUT2D eigenvalue weighted by atomic mass is 10.1. The highest BCUT2D eigenvalue weighted by atomic mass is 79.9. The zero-order chi connectivity index (χ0) is 19.5. The molecule has 0 aliphatic rings. The largest absolute Gasteiger partial charge is 0.465 e. The van der Waals surface area contributed by atoms with Gasteiger partial charge in [-0.05, 0) is 62.4 Å². The van der Waals surface area contributed by atoms with E-state index >= 15 is 0 Å². The number of carbonyl (C=O) groups excluding carboxylic acids is 2. The molecule has 0 aliphatic carbocycles. The third-order valence-corrected chi connectivity index (χ3v) is 6.86. The molecule has 0 unspecified atom stereocenters. The van der Waals surface area contributed by atoms with Crippen molar-refractivity contribution in [1.29, 1.82) is 0 Å². The van der Waals surface area contributed by atoms with Crippen molar-refractivity contribution in [3.8, 4) is 0 Å². The summed E-state index contributed by atoms with van der Waals surface area (Å²) in [5.41, 5.74) is 0.703. The monoisotopic (exact) mass is 439 g/mol. The predicted octanol–water partition coefficient (Wildman–Crippen LogP) is 3.43. The fourth-order valence-corrected chi connectivity index (χ4v) is 3.76. The highest BCUT2D eigenvalue weighted by molar-refractivity contribution is 9.10. The quantitative estimate of drug-likeness (QED) is 0.720. The van der Waals surface area contributed by atoms with Gasteiger partial charge in [-0.2, -0.15) is 0 Å². The number of rotatable bonds is 5. The van der Waals surface area contributed by atoms with Gasteiger partial charge in [0.15, 0.2) is 9.84 Å². The summed E-state index contributed by atoms with van der Waals surface area (Å²) in [6.07, 6.45) is 0. The van der Waals surface area contributed by atoms with E-state index in [0.717, 1.165) is 4.47 Å². The second-order valence-corrected chi connectivity index (χ2v) is 9.41. The van der Waals surface area contributed by atoms with Crippen molar-refractivity contribution in [2.75, 3.05) is 12.4 Å². The van der Waals surface area contributed by atoms with Gasteiger partial charge >= 0.3 is 5.97 Å². The first-order valence-electron chi connectivity index (χ1n) is 7.59. The van der Waals surface area contributed by atoms with E-state index in [-0.39, 0.29) is 4.90 Å². The SMILES string of the molecule is COC(=O)c1ccc(NC(=O)C(C)(C)S(=O)(=O)c2ccc(Br)cc2)cc1. The minimum atomic E-state index is -3.91. The molecule has 26 heavy (non-hydrogen) atoms. The standard InChI is InChI=1S/C18H18BrNO5S/c1-18(2,26(23,24)15-10-6-13(19)7-11-15)17(22)20-14-8-4-12(5-9-14)16(21)25-3/h4-11H,1-3H3,(H,20,22). The average molecular weight is 440 g/mol. The molecule has 138 valence electrons. The molecule has 1 amide bonds. The Bertz CT molecular complexity index is 919. The molecule has 0 heterocycles. The van der Waals surface area contributed by atoms with Crippen molar-refractivity contribution in [1.82, 2.24) is 0 Å². The van der Waals surface area contributed by atoms with Gasteiger partial charge in [-0.1, -0.05) is 15.9 Å². The van der Waals surface area contributed by atoms with Crippen molar-refractivity contribution in [3.05, 3.63) is 58.6 Å². The first-order valence-corrected chi connectivity index (χ1v) is 9.87. The van der Waals surface area contributed by atoms with E-state index in [2.05, 4.69) is 26.0 Å². The van der Waals surface area contributed by atoms with Crippen LogP contribution in [0.15, 0.2) is 57.9 Å². The normalized spacial score (nSPS) is 11.7. The van der Waals surface area contributed by atoms with Gasteiger partial charge in [0.25, 0.3) is 0 Å². The molecule has 6 nitrogen and oxygen atoms in total. The van der Waals surface area contributed by atoms with E-state index in [1.54, 1.807) is 12.1 Å². The van der Waals surface area contributed by atoms with Gasteiger partial charge < -0.3 is 10.1 Å². The zero-order valence-electron chi connectivity index (χ0n) is 14.4. The molecule has 2 aromatic rings. The molecule has 0 aliphatic heterocycles. The number of ether oxygens (including phenoxy) is 1. The zero-order valence-corrected chi connectivity index (χ0v) is 16.8. The summed E-state index contributed by atoms with van der Waals surface area (Å²) in [6.45, 7) is 2.70. The van der Waals surface area contributed by atoms with Crippen molar-refractivity contribution >= 4 is 43.3 Å². The van der Waals surface area contributed by atoms with E-state index in [0.29, 0.717) is 11.3 Å². The number of hydrogen-bond acceptors (Lipinski definition) is 5. The number of carbonyl (C=O) groups is 2. The Kier molecular flexibility index (Phi) is 5.87. The van der Waals surface area contributed by atoms with Gasteiger partial charge in [0, 0.05) is 10.2 Å². The fourth-order valence-electron chi connectivity index (χ4n) is 2.12. The molecule has 0 bridgehead atoms. The first-order chi connectivity index (χ1) is 12.1. The summed E-state index contributed by atoms with van der Waals surface area (Å²) in [7, 11) is -2.64. The van der Waals surface area contributed by atoms with Crippen LogP contribution in [0.4, 0.5) is 5.69 Å². The maximum Gasteiger partial charge on any atom is 0.337 e. The van der Waals surface area contributed by atoms with E-state index in [9.17, 15) is 18.0 Å². The van der Waals surface area contributed by atoms with Gasteiger partial charge in [-0.25, -0.2) is 13.2 Å². The van der Waals surface area contributed by atoms with E-state index in [4.69, 9.17) is 0 Å². The summed E-state index contributed by atoms with van der Waals surface area (Å²) in [5.74, 6) is -1.17. The van der Waals surface area contributed by atoms with Gasteiger partial charge in [0.2, 0.25) is 5.91 Å². The number of sulfone groups is 1. The van der Waals surface area contributed by atoms with Gasteiger partial charge in [0.05, 0.1) is 17.6 Å². The Balaban J connectivity index is 2.24. The summed E-state index contributed by atoms with van der Waals surface area (Å²) >= 11 is 3.25. The summed E-state index contributed by atoms with van der Waals surface area (Å²) in [4.78, 5) is 24.1. The van der Waals surface area contributed by atoms with Gasteiger partial charge in [-0.15, -0.1) is 0 Å². The molecular weight excluding hydrogens is 422 g/mol. The van der Waals surface area contributed by atoms with Crippen LogP contribution in [0.2, 0.25) is 0 Å². The fraction of sp³-hybridized carbons (Fsp3) is 0.222. The third-order valence-electron chi connectivity index (χ3n) is 3.91. The maximum absolute atomic E-state index is 12.8. The molecule has 0 aromatic heterocycles. The second kappa shape index (κ2) is 7.59. The van der Waals surface area contributed by atoms with Crippen LogP contribution in [-0.4, -0.2) is 32.2 Å². The van der Waals surface area contributed by atoms with E-state index < -0.39 is 26.5 Å². The molecule has 0 saturated carbocycles. The Morgan fingerprint density at radius 2 is 1.54 bits per heavy atom. The van der Waals surface area contributed by atoms with E-state index in [1.807, 2.05) is 0 Å². The van der Waals surface area contributed by atoms with Crippen LogP contribution >= 0.6 is 15.9 Å². The molecular formula is C18H18BrNO5S. The Labute approximate surface area is 160 Å². The van der Waals surface area contributed by atoms with E-state index in [1.165, 1.54) is 57.4 Å². The lowest BCUT2D eigenvalue weighted by molar-refractivity contribution is -0.117. The molecule has 0 spiro atoms. The lowest BCUT2D eigenvalue weighted by Gasteiger charge is -2.24. The molecule has 1 N–H and O–H groups in total. The summed E-state index contributed by atoms with van der Waals surface area (Å²) < 4.78 is 29.3. The number of benzene rings is 2. The van der Waals surface area contributed by atoms with Gasteiger partial charge in [-0.3, -0.25) is 4.79 Å². The smallest absolute Gasteiger partial charge is 0.337 e. The minimum Gasteiger partial charge on any atom is -0.465 e. The Hall–Kier alpha value is -2.19. The predicted molar refractivity (Wildman–Crippen MR) is 102 cm³/mol. The number of halogens is 1. The Morgan fingerprint density at radius 1 is 1.00 bits per heavy atom. The molecule has 0 fully saturated rings. The number of esters is 1. The number of nitrogens with one attached hydrogen (secondary N) is 1. The first kappa shape index (κ1) is 20.1. The number of hydrogen-bond donors (Lipinski definition) is 1. The Morgan fingerprint density at radius 3 is 2.04 bits per heavy atom. The lowest BCUT2D eigenvalue weighted by Crippen LogP contribution is -2.44. The molecule has 2 aromatic carbocycles. The van der Waals surface area contributed by atoms with Crippen molar-refractivity contribution in [2.45, 2.75) is 23.5 Å². The van der Waals surface area contributed by atoms with Crippen molar-refractivity contribution in [2.24, 2.45) is 0 Å². The maximum atomic E-state index is 12.8. The molecule has 2 rings (SSSR count). The van der Waals surface area contributed by atoms with Crippen LogP contribution in [0.25, 0.3) is 0 Å². The number of anilines is 1. The highest BCUT2D eigenvalue weighted by Gasteiger charge is 2.42. The van der Waals surface area contributed by atoms with Crippen LogP contribution in [0, 0.1) is 0 Å². The average Bonchev–Trinajstić information content (AvgIpc) is 2.61. The van der Waals surface area contributed by atoms with Crippen LogP contribution in [0.5, 0.6) is 0 Å². The molecule has 0 radical (unpaired) electrons. The summed E-state index contributed by atoms with van der Waals surface area (Å²) in [5, 5.41) is 2.57. The number of amides is 1. The number of methoxy groups -OCH3 is 1. The summed E-state index contributed by atoms with van der Waals surface area (Å²) in [6, 6.07) is 12.1. The molecule has 0 saturated heterocycles. The second-order valence-electron chi connectivity index (χ2n) is 5.99. The van der Waals surface area contributed by atoms with Crippen LogP contribution in [-0.2, 0) is 19.4 Å². The third kappa shape index (κ3) is 3.96. The topological polar surface area (TPSA) is 89.5 Å². The van der Waals surface area contributed by atoms with Crippen LogP contribution < -0.4 is 5.32 Å². The minimum absolute atomic E-state index is 0.0573.